The van der Waals surface area contributed by atoms with Gasteiger partial charge in [-0.15, -0.1) is 0 Å². The Morgan fingerprint density at radius 2 is 1.53 bits per heavy atom. The minimum Gasteiger partial charge on any atom is -0.460 e. The van der Waals surface area contributed by atoms with E-state index in [2.05, 4.69) is 13.8 Å². The van der Waals surface area contributed by atoms with Gasteiger partial charge in [-0.05, 0) is 69.6 Å². The van der Waals surface area contributed by atoms with Crippen LogP contribution in [0.3, 0.4) is 0 Å². The molecule has 19 heavy (non-hydrogen) atoms. The summed E-state index contributed by atoms with van der Waals surface area (Å²) in [5.41, 5.74) is -0.269. The van der Waals surface area contributed by atoms with E-state index in [1.165, 1.54) is 44.9 Å². The van der Waals surface area contributed by atoms with Crippen molar-refractivity contribution in [3.63, 3.8) is 0 Å². The van der Waals surface area contributed by atoms with Gasteiger partial charge in [0.1, 0.15) is 5.60 Å². The average Bonchev–Trinajstić information content (AvgIpc) is 2.85. The van der Waals surface area contributed by atoms with Crippen molar-refractivity contribution in [1.29, 1.82) is 0 Å². The van der Waals surface area contributed by atoms with Gasteiger partial charge in [0, 0.05) is 12.8 Å². The summed E-state index contributed by atoms with van der Waals surface area (Å²) in [6, 6.07) is 0. The molecule has 0 aliphatic heterocycles. The van der Waals surface area contributed by atoms with Gasteiger partial charge in [0.2, 0.25) is 0 Å². The molecule has 3 fully saturated rings. The number of ether oxygens (including phenoxy) is 1. The molecule has 0 N–H and O–H groups in total. The van der Waals surface area contributed by atoms with Crippen LogP contribution in [0, 0.1) is 29.6 Å². The van der Waals surface area contributed by atoms with Gasteiger partial charge < -0.3 is 4.74 Å². The highest BCUT2D eigenvalue weighted by atomic mass is 16.6. The second kappa shape index (κ2) is 4.79. The zero-order valence-electron chi connectivity index (χ0n) is 12.7. The second-order valence-corrected chi connectivity index (χ2v) is 7.92. The predicted octanol–water partition coefficient (Wildman–Crippen LogP) is 4.18. The van der Waals surface area contributed by atoms with Gasteiger partial charge in [-0.1, -0.05) is 12.8 Å². The minimum atomic E-state index is -0.269. The molecule has 2 heteroatoms. The maximum Gasteiger partial charge on any atom is 0.303 e. The first kappa shape index (κ1) is 13.5. The van der Waals surface area contributed by atoms with Crippen molar-refractivity contribution in [3.05, 3.63) is 0 Å². The predicted molar refractivity (Wildman–Crippen MR) is 75.6 cm³/mol. The minimum absolute atomic E-state index is 0.122. The van der Waals surface area contributed by atoms with E-state index in [0.717, 1.165) is 23.7 Å². The third kappa shape index (κ3) is 2.68. The molecule has 5 unspecified atom stereocenters. The lowest BCUT2D eigenvalue weighted by molar-refractivity contribution is -0.160. The highest BCUT2D eigenvalue weighted by molar-refractivity contribution is 5.66. The fourth-order valence-corrected chi connectivity index (χ4v) is 5.50. The van der Waals surface area contributed by atoms with Crippen molar-refractivity contribution in [1.82, 2.24) is 0 Å². The van der Waals surface area contributed by atoms with Gasteiger partial charge in [-0.2, -0.15) is 0 Å². The number of rotatable bonds is 2. The molecule has 3 saturated carbocycles. The molecule has 0 saturated heterocycles. The van der Waals surface area contributed by atoms with Crippen LogP contribution in [0.1, 0.15) is 65.7 Å². The molecule has 0 aromatic heterocycles. The molecule has 3 aliphatic carbocycles. The van der Waals surface area contributed by atoms with E-state index in [1.807, 2.05) is 0 Å². The van der Waals surface area contributed by atoms with E-state index in [9.17, 15) is 4.79 Å². The van der Waals surface area contributed by atoms with Crippen LogP contribution in [0.2, 0.25) is 0 Å². The lowest BCUT2D eigenvalue weighted by Crippen LogP contribution is -2.38. The third-order valence-corrected chi connectivity index (χ3v) is 6.04. The van der Waals surface area contributed by atoms with Crippen LogP contribution in [0.5, 0.6) is 0 Å². The van der Waals surface area contributed by atoms with E-state index in [-0.39, 0.29) is 11.6 Å². The molecular weight excluding hydrogens is 236 g/mol. The normalized spacial score (nSPS) is 41.7. The largest absolute Gasteiger partial charge is 0.460 e. The lowest BCUT2D eigenvalue weighted by atomic mass is 9.77. The van der Waals surface area contributed by atoms with Crippen molar-refractivity contribution < 1.29 is 9.53 Å². The quantitative estimate of drug-likeness (QED) is 0.699. The van der Waals surface area contributed by atoms with Gasteiger partial charge in [0.15, 0.2) is 0 Å². The molecular formula is C17H28O2. The zero-order valence-corrected chi connectivity index (χ0v) is 12.7. The number of esters is 1. The molecule has 5 atom stereocenters. The van der Waals surface area contributed by atoms with Crippen LogP contribution >= 0.6 is 0 Å². The van der Waals surface area contributed by atoms with Crippen LogP contribution in [0.25, 0.3) is 0 Å². The number of fused-ring (bicyclic) bond motifs is 4. The SMILES string of the molecule is CC(=O)OC(C)(C)C1CC2CC3CCC(C3)CC1C2. The summed E-state index contributed by atoms with van der Waals surface area (Å²) in [4.78, 5) is 11.3. The van der Waals surface area contributed by atoms with E-state index in [0.29, 0.717) is 5.92 Å². The Hall–Kier alpha value is -0.530. The Kier molecular flexibility index (Phi) is 3.39. The van der Waals surface area contributed by atoms with Crippen molar-refractivity contribution >= 4 is 5.97 Å². The standard InChI is InChI=1S/C17H28O2/c1-11(18)19-17(2,3)16-10-14-7-12-4-5-13(6-12)8-15(16)9-14/h12-16H,4-10H2,1-3H3. The van der Waals surface area contributed by atoms with Crippen LogP contribution < -0.4 is 0 Å². The maximum atomic E-state index is 11.3. The monoisotopic (exact) mass is 264 g/mol. The summed E-state index contributed by atoms with van der Waals surface area (Å²) < 4.78 is 5.65. The molecule has 2 nitrogen and oxygen atoms in total. The van der Waals surface area contributed by atoms with Gasteiger partial charge >= 0.3 is 5.97 Å². The number of carbonyl (C=O) groups is 1. The maximum absolute atomic E-state index is 11.3. The van der Waals surface area contributed by atoms with Crippen molar-refractivity contribution in [2.24, 2.45) is 29.6 Å². The van der Waals surface area contributed by atoms with Crippen LogP contribution in [0.4, 0.5) is 0 Å². The molecule has 0 aromatic rings. The van der Waals surface area contributed by atoms with E-state index in [4.69, 9.17) is 4.74 Å². The molecule has 0 amide bonds. The molecule has 0 heterocycles. The highest BCUT2D eigenvalue weighted by Gasteiger charge is 2.47. The fraction of sp³-hybridized carbons (Fsp3) is 0.941. The second-order valence-electron chi connectivity index (χ2n) is 7.92. The van der Waals surface area contributed by atoms with Crippen molar-refractivity contribution in [3.8, 4) is 0 Å². The summed E-state index contributed by atoms with van der Waals surface area (Å²) in [5, 5.41) is 0. The lowest BCUT2D eigenvalue weighted by Gasteiger charge is -2.36. The molecule has 3 aliphatic rings. The van der Waals surface area contributed by atoms with E-state index < -0.39 is 0 Å². The molecule has 3 rings (SSSR count). The zero-order chi connectivity index (χ0) is 13.6. The van der Waals surface area contributed by atoms with Crippen LogP contribution in [-0.2, 0) is 9.53 Å². The number of hydrogen-bond acceptors (Lipinski definition) is 2. The fourth-order valence-electron chi connectivity index (χ4n) is 5.50. The molecule has 108 valence electrons. The van der Waals surface area contributed by atoms with Gasteiger partial charge in [0.25, 0.3) is 0 Å². The topological polar surface area (TPSA) is 26.3 Å². The molecule has 0 spiro atoms. The van der Waals surface area contributed by atoms with Gasteiger partial charge in [-0.3, -0.25) is 4.79 Å². The van der Waals surface area contributed by atoms with Gasteiger partial charge in [-0.25, -0.2) is 0 Å². The van der Waals surface area contributed by atoms with Crippen molar-refractivity contribution in [2.45, 2.75) is 71.3 Å². The summed E-state index contributed by atoms with van der Waals surface area (Å²) >= 11 is 0. The first-order valence-electron chi connectivity index (χ1n) is 8.13. The number of carbonyl (C=O) groups excluding carboxylic acids is 1. The van der Waals surface area contributed by atoms with Gasteiger partial charge in [0.05, 0.1) is 0 Å². The highest BCUT2D eigenvalue weighted by Crippen LogP contribution is 2.54. The smallest absolute Gasteiger partial charge is 0.303 e. The van der Waals surface area contributed by atoms with E-state index >= 15 is 0 Å². The Labute approximate surface area is 117 Å². The molecule has 4 bridgehead atoms. The average molecular weight is 264 g/mol. The molecule has 0 radical (unpaired) electrons. The molecule has 0 aromatic carbocycles. The number of hydrogen-bond donors (Lipinski definition) is 0. The van der Waals surface area contributed by atoms with Crippen LogP contribution in [0.15, 0.2) is 0 Å². The van der Waals surface area contributed by atoms with E-state index in [1.54, 1.807) is 6.92 Å². The summed E-state index contributed by atoms with van der Waals surface area (Å²) in [6.07, 6.45) is 9.92. The Morgan fingerprint density at radius 1 is 0.947 bits per heavy atom. The summed E-state index contributed by atoms with van der Waals surface area (Å²) in [5.74, 6) is 4.12. The summed E-state index contributed by atoms with van der Waals surface area (Å²) in [7, 11) is 0. The van der Waals surface area contributed by atoms with Crippen LogP contribution in [-0.4, -0.2) is 11.6 Å². The first-order valence-corrected chi connectivity index (χ1v) is 8.13. The Balaban J connectivity index is 1.75. The Morgan fingerprint density at radius 3 is 2.21 bits per heavy atom. The summed E-state index contributed by atoms with van der Waals surface area (Å²) in [6.45, 7) is 5.80. The third-order valence-electron chi connectivity index (χ3n) is 6.04. The first-order chi connectivity index (χ1) is 8.94. The van der Waals surface area contributed by atoms with Crippen molar-refractivity contribution in [2.75, 3.05) is 0 Å². The Bertz CT molecular complexity index is 360.